The fourth-order valence-corrected chi connectivity index (χ4v) is 4.09. The number of nitrogens with two attached hydrogens (primary N) is 1. The van der Waals surface area contributed by atoms with Crippen molar-refractivity contribution in [3.8, 4) is 0 Å². The van der Waals surface area contributed by atoms with Crippen molar-refractivity contribution in [2.24, 2.45) is 11.7 Å². The molecule has 1 aromatic heterocycles. The molecular weight excluding hydrogens is 337 g/mol. The summed E-state index contributed by atoms with van der Waals surface area (Å²) in [4.78, 5) is 20.3. The van der Waals surface area contributed by atoms with Crippen molar-refractivity contribution in [3.05, 3.63) is 11.7 Å². The lowest BCUT2D eigenvalue weighted by Gasteiger charge is -2.25. The van der Waals surface area contributed by atoms with Crippen molar-refractivity contribution in [1.29, 1.82) is 0 Å². The minimum Gasteiger partial charge on any atom is -0.341 e. The number of carbonyl (C=O) groups excluding carboxylic acids is 1. The second kappa shape index (κ2) is 7.23. The van der Waals surface area contributed by atoms with E-state index in [2.05, 4.69) is 22.0 Å². The highest BCUT2D eigenvalue weighted by atomic mass is 19.1. The second-order valence-corrected chi connectivity index (χ2v) is 8.27. The lowest BCUT2D eigenvalue weighted by atomic mass is 10.1. The molecule has 2 saturated heterocycles. The van der Waals surface area contributed by atoms with Crippen molar-refractivity contribution in [3.63, 3.8) is 0 Å². The van der Waals surface area contributed by atoms with Gasteiger partial charge in [-0.05, 0) is 25.2 Å². The maximum Gasteiger partial charge on any atom is 0.244 e. The van der Waals surface area contributed by atoms with Crippen LogP contribution < -0.4 is 5.73 Å². The quantitative estimate of drug-likeness (QED) is 0.790. The van der Waals surface area contributed by atoms with Crippen LogP contribution in [-0.2, 0) is 4.79 Å². The van der Waals surface area contributed by atoms with Crippen LogP contribution in [-0.4, -0.2) is 64.2 Å². The van der Waals surface area contributed by atoms with Crippen molar-refractivity contribution in [1.82, 2.24) is 19.9 Å². The average Bonchev–Trinajstić information content (AvgIpc) is 3.06. The first-order valence-corrected chi connectivity index (χ1v) is 9.74. The molecule has 1 aliphatic carbocycles. The van der Waals surface area contributed by atoms with Crippen LogP contribution in [0.15, 0.2) is 4.52 Å². The zero-order valence-electron chi connectivity index (χ0n) is 15.3. The number of rotatable bonds is 7. The number of hydrogen-bond acceptors (Lipinski definition) is 6. The van der Waals surface area contributed by atoms with Crippen LogP contribution in [0.25, 0.3) is 0 Å². The third kappa shape index (κ3) is 3.91. The number of halogens is 1. The number of carbonyl (C=O) groups is 1. The summed E-state index contributed by atoms with van der Waals surface area (Å²) >= 11 is 0. The number of hydrogen-bond donors (Lipinski definition) is 1. The SMILES string of the molecule is C[C@@H]1CC(=O)N(C[C@@H](N)CCN2C[C@@H](F)C[C@H]2c2nc(C3CC3)no2)C1. The molecule has 1 amide bonds. The molecule has 0 aromatic carbocycles. The standard InChI is InChI=1S/C18H28FN5O2/c1-11-6-16(25)24(8-11)10-14(20)4-5-23-9-13(19)7-15(23)18-21-17(22-26-18)12-2-3-12/h11-15H,2-10,20H2,1H3/t11-,13+,14+,15+/m1/s1. The van der Waals surface area contributed by atoms with E-state index in [-0.39, 0.29) is 18.0 Å². The normalized spacial score (nSPS) is 31.1. The van der Waals surface area contributed by atoms with E-state index in [0.29, 0.717) is 56.6 Å². The van der Waals surface area contributed by atoms with E-state index in [0.717, 1.165) is 25.2 Å². The summed E-state index contributed by atoms with van der Waals surface area (Å²) in [6.07, 6.45) is 3.07. The van der Waals surface area contributed by atoms with E-state index >= 15 is 0 Å². The first kappa shape index (κ1) is 17.9. The zero-order valence-corrected chi connectivity index (χ0v) is 15.3. The molecule has 4 rings (SSSR count). The summed E-state index contributed by atoms with van der Waals surface area (Å²) in [7, 11) is 0. The van der Waals surface area contributed by atoms with Gasteiger partial charge in [-0.15, -0.1) is 0 Å². The molecule has 26 heavy (non-hydrogen) atoms. The molecule has 7 nitrogen and oxygen atoms in total. The van der Waals surface area contributed by atoms with Crippen molar-refractivity contribution in [2.75, 3.05) is 26.2 Å². The number of likely N-dealkylation sites (tertiary alicyclic amines) is 2. The van der Waals surface area contributed by atoms with Gasteiger partial charge in [0.2, 0.25) is 11.8 Å². The van der Waals surface area contributed by atoms with Crippen LogP contribution in [0.4, 0.5) is 4.39 Å². The van der Waals surface area contributed by atoms with Gasteiger partial charge in [0.25, 0.3) is 0 Å². The molecule has 1 saturated carbocycles. The fraction of sp³-hybridized carbons (Fsp3) is 0.833. The van der Waals surface area contributed by atoms with Crippen molar-refractivity contribution in [2.45, 2.75) is 63.2 Å². The Morgan fingerprint density at radius 1 is 1.38 bits per heavy atom. The van der Waals surface area contributed by atoms with Gasteiger partial charge in [-0.25, -0.2) is 4.39 Å². The molecule has 1 aromatic rings. The van der Waals surface area contributed by atoms with Crippen LogP contribution in [0.5, 0.6) is 0 Å². The summed E-state index contributed by atoms with van der Waals surface area (Å²) in [6.45, 7) is 4.49. The summed E-state index contributed by atoms with van der Waals surface area (Å²) in [5.74, 6) is 2.32. The zero-order chi connectivity index (χ0) is 18.3. The monoisotopic (exact) mass is 365 g/mol. The van der Waals surface area contributed by atoms with Crippen LogP contribution in [0.1, 0.15) is 62.7 Å². The second-order valence-electron chi connectivity index (χ2n) is 8.27. The highest BCUT2D eigenvalue weighted by Gasteiger charge is 2.38. The summed E-state index contributed by atoms with van der Waals surface area (Å²) in [5, 5.41) is 4.06. The maximum absolute atomic E-state index is 14.0. The number of alkyl halides is 1. The summed E-state index contributed by atoms with van der Waals surface area (Å²) in [6, 6.07) is -0.265. The third-order valence-electron chi connectivity index (χ3n) is 5.69. The van der Waals surface area contributed by atoms with Gasteiger partial charge >= 0.3 is 0 Å². The molecular formula is C18H28FN5O2. The summed E-state index contributed by atoms with van der Waals surface area (Å²) < 4.78 is 19.4. The van der Waals surface area contributed by atoms with Gasteiger partial charge in [0.15, 0.2) is 5.82 Å². The molecule has 8 heteroatoms. The van der Waals surface area contributed by atoms with E-state index in [1.807, 2.05) is 4.90 Å². The van der Waals surface area contributed by atoms with E-state index in [4.69, 9.17) is 10.3 Å². The van der Waals surface area contributed by atoms with Gasteiger partial charge in [-0.2, -0.15) is 4.98 Å². The van der Waals surface area contributed by atoms with Crippen LogP contribution in [0, 0.1) is 5.92 Å². The largest absolute Gasteiger partial charge is 0.341 e. The van der Waals surface area contributed by atoms with Crippen molar-refractivity contribution >= 4 is 5.91 Å². The topological polar surface area (TPSA) is 88.5 Å². The molecule has 3 fully saturated rings. The molecule has 144 valence electrons. The molecule has 3 heterocycles. The van der Waals surface area contributed by atoms with Gasteiger partial charge in [0.05, 0.1) is 6.04 Å². The number of amides is 1. The maximum atomic E-state index is 14.0. The molecule has 2 aliphatic heterocycles. The van der Waals surface area contributed by atoms with Crippen LogP contribution >= 0.6 is 0 Å². The predicted molar refractivity (Wildman–Crippen MR) is 93.1 cm³/mol. The van der Waals surface area contributed by atoms with Gasteiger partial charge in [-0.1, -0.05) is 12.1 Å². The Morgan fingerprint density at radius 3 is 2.88 bits per heavy atom. The van der Waals surface area contributed by atoms with Gasteiger partial charge in [-0.3, -0.25) is 9.69 Å². The van der Waals surface area contributed by atoms with E-state index in [1.54, 1.807) is 0 Å². The van der Waals surface area contributed by atoms with E-state index in [1.165, 1.54) is 0 Å². The average molecular weight is 365 g/mol. The number of aromatic nitrogens is 2. The number of nitrogens with zero attached hydrogens (tertiary/aromatic N) is 4. The minimum absolute atomic E-state index is 0.103. The Hall–Kier alpha value is -1.54. The molecule has 2 N–H and O–H groups in total. The highest BCUT2D eigenvalue weighted by molar-refractivity contribution is 5.78. The Kier molecular flexibility index (Phi) is 4.96. The fourth-order valence-electron chi connectivity index (χ4n) is 4.09. The Labute approximate surface area is 153 Å². The van der Waals surface area contributed by atoms with E-state index in [9.17, 15) is 9.18 Å². The lowest BCUT2D eigenvalue weighted by Crippen LogP contribution is -2.40. The first-order valence-electron chi connectivity index (χ1n) is 9.74. The van der Waals surface area contributed by atoms with Gasteiger partial charge < -0.3 is 15.2 Å². The van der Waals surface area contributed by atoms with Crippen LogP contribution in [0.3, 0.4) is 0 Å². The lowest BCUT2D eigenvalue weighted by molar-refractivity contribution is -0.127. The molecule has 0 radical (unpaired) electrons. The molecule has 0 unspecified atom stereocenters. The predicted octanol–water partition coefficient (Wildman–Crippen LogP) is 1.62. The van der Waals surface area contributed by atoms with Gasteiger partial charge in [0, 0.05) is 51.0 Å². The smallest absolute Gasteiger partial charge is 0.244 e. The molecule has 3 aliphatic rings. The molecule has 0 bridgehead atoms. The van der Waals surface area contributed by atoms with E-state index < -0.39 is 6.17 Å². The van der Waals surface area contributed by atoms with Gasteiger partial charge in [0.1, 0.15) is 6.17 Å². The Balaban J connectivity index is 1.31. The Bertz CT molecular complexity index is 649. The van der Waals surface area contributed by atoms with Crippen LogP contribution in [0.2, 0.25) is 0 Å². The minimum atomic E-state index is -0.881. The summed E-state index contributed by atoms with van der Waals surface area (Å²) in [5.41, 5.74) is 6.24. The first-order chi connectivity index (χ1) is 12.5. The molecule has 4 atom stereocenters. The Morgan fingerprint density at radius 2 is 2.19 bits per heavy atom. The third-order valence-corrected chi connectivity index (χ3v) is 5.69. The molecule has 0 spiro atoms. The van der Waals surface area contributed by atoms with Crippen molar-refractivity contribution < 1.29 is 13.7 Å². The highest BCUT2D eigenvalue weighted by Crippen LogP contribution is 2.40.